The van der Waals surface area contributed by atoms with Crippen LogP contribution in [0.1, 0.15) is 30.1 Å². The number of nitrogens with zero attached hydrogens (tertiary/aromatic N) is 2. The highest BCUT2D eigenvalue weighted by atomic mass is 16.5. The highest BCUT2D eigenvalue weighted by molar-refractivity contribution is 5.94. The third-order valence-corrected chi connectivity index (χ3v) is 4.35. The van der Waals surface area contributed by atoms with E-state index in [4.69, 9.17) is 4.74 Å². The van der Waals surface area contributed by atoms with Crippen LogP contribution in [0.3, 0.4) is 0 Å². The Kier molecular flexibility index (Phi) is 4.99. The van der Waals surface area contributed by atoms with Gasteiger partial charge in [-0.3, -0.25) is 9.59 Å². The monoisotopic (exact) mass is 326 g/mol. The van der Waals surface area contributed by atoms with Crippen LogP contribution in [-0.4, -0.2) is 41.0 Å². The minimum Gasteiger partial charge on any atom is -0.466 e. The molecular formula is C19H22N2O3. The van der Waals surface area contributed by atoms with E-state index in [1.807, 2.05) is 53.4 Å². The molecule has 1 aromatic carbocycles. The minimum absolute atomic E-state index is 0.0249. The Morgan fingerprint density at radius 1 is 1.17 bits per heavy atom. The van der Waals surface area contributed by atoms with Crippen LogP contribution in [0.15, 0.2) is 48.8 Å². The molecule has 0 spiro atoms. The molecule has 1 aliphatic rings. The first-order valence-corrected chi connectivity index (χ1v) is 8.38. The van der Waals surface area contributed by atoms with Gasteiger partial charge in [0.2, 0.25) is 0 Å². The van der Waals surface area contributed by atoms with Crippen molar-refractivity contribution in [3.8, 4) is 5.69 Å². The second-order valence-corrected chi connectivity index (χ2v) is 5.98. The van der Waals surface area contributed by atoms with Gasteiger partial charge in [-0.15, -0.1) is 0 Å². The predicted molar refractivity (Wildman–Crippen MR) is 91.0 cm³/mol. The Balaban J connectivity index is 1.68. The Bertz CT molecular complexity index is 692. The van der Waals surface area contributed by atoms with Gasteiger partial charge in [0.1, 0.15) is 0 Å². The summed E-state index contributed by atoms with van der Waals surface area (Å²) in [5.41, 5.74) is 1.66. The first-order valence-electron chi connectivity index (χ1n) is 8.38. The molecule has 1 atom stereocenters. The zero-order valence-corrected chi connectivity index (χ0v) is 13.9. The average molecular weight is 326 g/mol. The molecule has 1 aromatic heterocycles. The Hall–Kier alpha value is -2.56. The summed E-state index contributed by atoms with van der Waals surface area (Å²) in [6.45, 7) is 3.31. The molecule has 0 radical (unpaired) electrons. The zero-order valence-electron chi connectivity index (χ0n) is 13.9. The van der Waals surface area contributed by atoms with Gasteiger partial charge in [-0.25, -0.2) is 0 Å². The molecule has 1 unspecified atom stereocenters. The van der Waals surface area contributed by atoms with Gasteiger partial charge < -0.3 is 14.2 Å². The molecule has 2 heterocycles. The van der Waals surface area contributed by atoms with Gasteiger partial charge in [0.25, 0.3) is 5.91 Å². The van der Waals surface area contributed by atoms with Crippen molar-refractivity contribution in [2.24, 2.45) is 5.92 Å². The summed E-state index contributed by atoms with van der Waals surface area (Å²) in [7, 11) is 0. The lowest BCUT2D eigenvalue weighted by atomic mass is 9.97. The molecule has 1 saturated heterocycles. The van der Waals surface area contributed by atoms with E-state index in [0.717, 1.165) is 18.5 Å². The van der Waals surface area contributed by atoms with Gasteiger partial charge in [0.05, 0.1) is 12.5 Å². The lowest BCUT2D eigenvalue weighted by Gasteiger charge is -2.31. The number of esters is 1. The summed E-state index contributed by atoms with van der Waals surface area (Å²) in [4.78, 5) is 26.4. The summed E-state index contributed by atoms with van der Waals surface area (Å²) in [5.74, 6) is -0.428. The number of aromatic nitrogens is 1. The van der Waals surface area contributed by atoms with Crippen molar-refractivity contribution in [1.82, 2.24) is 9.47 Å². The maximum Gasteiger partial charge on any atom is 0.310 e. The molecule has 0 saturated carbocycles. The van der Waals surface area contributed by atoms with Gasteiger partial charge in [-0.05, 0) is 56.2 Å². The standard InChI is InChI=1S/C19H22N2O3/c1-2-24-19(23)16-6-5-13-21(14-16)18(22)15-7-9-17(10-8-15)20-11-3-4-12-20/h3-4,7-12,16H,2,5-6,13-14H2,1H3. The smallest absolute Gasteiger partial charge is 0.310 e. The number of amides is 1. The molecule has 0 aliphatic carbocycles. The second kappa shape index (κ2) is 7.34. The lowest BCUT2D eigenvalue weighted by Crippen LogP contribution is -2.42. The summed E-state index contributed by atoms with van der Waals surface area (Å²) in [5, 5.41) is 0. The fourth-order valence-electron chi connectivity index (χ4n) is 3.08. The molecule has 1 aliphatic heterocycles. The Labute approximate surface area is 141 Å². The van der Waals surface area contributed by atoms with Gasteiger partial charge in [-0.1, -0.05) is 0 Å². The SMILES string of the molecule is CCOC(=O)C1CCCN(C(=O)c2ccc(-n3cccc3)cc2)C1. The van der Waals surface area contributed by atoms with E-state index in [-0.39, 0.29) is 17.8 Å². The van der Waals surface area contributed by atoms with E-state index in [0.29, 0.717) is 25.3 Å². The number of hydrogen-bond donors (Lipinski definition) is 0. The maximum absolute atomic E-state index is 12.7. The largest absolute Gasteiger partial charge is 0.466 e. The van der Waals surface area contributed by atoms with E-state index >= 15 is 0 Å². The molecule has 3 rings (SSSR count). The van der Waals surface area contributed by atoms with E-state index < -0.39 is 0 Å². The normalized spacial score (nSPS) is 17.5. The van der Waals surface area contributed by atoms with Crippen molar-refractivity contribution >= 4 is 11.9 Å². The molecule has 0 N–H and O–H groups in total. The molecule has 5 heteroatoms. The van der Waals surface area contributed by atoms with Crippen LogP contribution in [0.5, 0.6) is 0 Å². The Morgan fingerprint density at radius 2 is 1.88 bits per heavy atom. The molecular weight excluding hydrogens is 304 g/mol. The topological polar surface area (TPSA) is 51.5 Å². The third kappa shape index (κ3) is 3.50. The van der Waals surface area contributed by atoms with Crippen molar-refractivity contribution < 1.29 is 14.3 Å². The number of carbonyl (C=O) groups excluding carboxylic acids is 2. The van der Waals surface area contributed by atoms with Crippen molar-refractivity contribution in [2.75, 3.05) is 19.7 Å². The summed E-state index contributed by atoms with van der Waals surface area (Å²) in [6, 6.07) is 11.5. The molecule has 0 bridgehead atoms. The van der Waals surface area contributed by atoms with Crippen molar-refractivity contribution in [1.29, 1.82) is 0 Å². The van der Waals surface area contributed by atoms with E-state index in [1.54, 1.807) is 11.8 Å². The van der Waals surface area contributed by atoms with Gasteiger partial charge in [0, 0.05) is 36.7 Å². The number of ether oxygens (including phenoxy) is 1. The first-order chi connectivity index (χ1) is 11.7. The van der Waals surface area contributed by atoms with Gasteiger partial charge in [0.15, 0.2) is 0 Å². The number of benzene rings is 1. The van der Waals surface area contributed by atoms with Crippen LogP contribution in [0.2, 0.25) is 0 Å². The number of carbonyl (C=O) groups is 2. The molecule has 126 valence electrons. The number of piperidine rings is 1. The minimum atomic E-state index is -0.207. The highest BCUT2D eigenvalue weighted by Crippen LogP contribution is 2.20. The summed E-state index contributed by atoms with van der Waals surface area (Å²) in [6.07, 6.45) is 5.54. The van der Waals surface area contributed by atoms with Crippen LogP contribution >= 0.6 is 0 Å². The number of rotatable bonds is 4. The van der Waals surface area contributed by atoms with Crippen LogP contribution in [-0.2, 0) is 9.53 Å². The first kappa shape index (κ1) is 16.3. The highest BCUT2D eigenvalue weighted by Gasteiger charge is 2.29. The molecule has 5 nitrogen and oxygen atoms in total. The Morgan fingerprint density at radius 3 is 2.54 bits per heavy atom. The summed E-state index contributed by atoms with van der Waals surface area (Å²) >= 11 is 0. The van der Waals surface area contributed by atoms with Crippen LogP contribution in [0, 0.1) is 5.92 Å². The fourth-order valence-corrected chi connectivity index (χ4v) is 3.08. The van der Waals surface area contributed by atoms with Gasteiger partial charge >= 0.3 is 5.97 Å². The summed E-state index contributed by atoms with van der Waals surface area (Å²) < 4.78 is 7.08. The average Bonchev–Trinajstić information content (AvgIpc) is 3.16. The molecule has 1 amide bonds. The second-order valence-electron chi connectivity index (χ2n) is 5.98. The van der Waals surface area contributed by atoms with E-state index in [2.05, 4.69) is 0 Å². The lowest BCUT2D eigenvalue weighted by molar-refractivity contribution is -0.149. The van der Waals surface area contributed by atoms with Crippen LogP contribution in [0.4, 0.5) is 0 Å². The molecule has 24 heavy (non-hydrogen) atoms. The third-order valence-electron chi connectivity index (χ3n) is 4.35. The van der Waals surface area contributed by atoms with E-state index in [9.17, 15) is 9.59 Å². The number of hydrogen-bond acceptors (Lipinski definition) is 3. The predicted octanol–water partition coefficient (Wildman–Crippen LogP) is 2.89. The van der Waals surface area contributed by atoms with Crippen LogP contribution < -0.4 is 0 Å². The zero-order chi connectivity index (χ0) is 16.9. The number of likely N-dealkylation sites (tertiary alicyclic amines) is 1. The maximum atomic E-state index is 12.7. The van der Waals surface area contributed by atoms with E-state index in [1.165, 1.54) is 0 Å². The van der Waals surface area contributed by atoms with Crippen LogP contribution in [0.25, 0.3) is 5.69 Å². The van der Waals surface area contributed by atoms with Crippen molar-refractivity contribution in [3.05, 3.63) is 54.4 Å². The molecule has 1 fully saturated rings. The molecule has 2 aromatic rings. The quantitative estimate of drug-likeness (QED) is 0.812. The van der Waals surface area contributed by atoms with Gasteiger partial charge in [-0.2, -0.15) is 0 Å². The van der Waals surface area contributed by atoms with Crippen molar-refractivity contribution in [3.63, 3.8) is 0 Å². The fraction of sp³-hybridized carbons (Fsp3) is 0.368. The van der Waals surface area contributed by atoms with Crippen molar-refractivity contribution in [2.45, 2.75) is 19.8 Å².